The lowest BCUT2D eigenvalue weighted by Gasteiger charge is -2.19. The number of furan rings is 1. The minimum atomic E-state index is -0.00457. The maximum absolute atomic E-state index is 6.19. The molecule has 2 aromatic rings. The second-order valence-corrected chi connectivity index (χ2v) is 5.83. The van der Waals surface area contributed by atoms with Crippen molar-refractivity contribution < 1.29 is 4.42 Å². The molecule has 0 radical (unpaired) electrons. The molecule has 0 saturated carbocycles. The molecule has 3 heteroatoms. The van der Waals surface area contributed by atoms with Crippen LogP contribution in [0.25, 0.3) is 11.0 Å². The molecule has 1 aromatic heterocycles. The standard InChI is InChI=1S/C14H18ClNO/c1-8-5-6-9(15)13-11(8)12(14(2,3)4)10(7-16)17-13/h5-6H,7,16H2,1-4H3. The smallest absolute Gasteiger partial charge is 0.153 e. The molecule has 0 aliphatic rings. The molecule has 0 aliphatic heterocycles. The van der Waals surface area contributed by atoms with Crippen LogP contribution in [0, 0.1) is 6.92 Å². The third-order valence-electron chi connectivity index (χ3n) is 3.01. The van der Waals surface area contributed by atoms with E-state index in [4.69, 9.17) is 21.8 Å². The number of nitrogens with two attached hydrogens (primary N) is 1. The summed E-state index contributed by atoms with van der Waals surface area (Å²) in [5.41, 5.74) is 8.89. The van der Waals surface area contributed by atoms with Gasteiger partial charge in [0.25, 0.3) is 0 Å². The summed E-state index contributed by atoms with van der Waals surface area (Å²) in [5, 5.41) is 1.77. The van der Waals surface area contributed by atoms with Crippen LogP contribution in [0.1, 0.15) is 37.7 Å². The number of halogens is 1. The van der Waals surface area contributed by atoms with Gasteiger partial charge in [-0.1, -0.05) is 38.4 Å². The molecular formula is C14H18ClNO. The van der Waals surface area contributed by atoms with Crippen molar-refractivity contribution >= 4 is 22.6 Å². The first-order valence-corrected chi connectivity index (χ1v) is 6.15. The van der Waals surface area contributed by atoms with Crippen molar-refractivity contribution in [1.29, 1.82) is 0 Å². The first-order valence-electron chi connectivity index (χ1n) is 5.77. The number of benzene rings is 1. The largest absolute Gasteiger partial charge is 0.458 e. The molecule has 0 saturated heterocycles. The van der Waals surface area contributed by atoms with Crippen LogP contribution < -0.4 is 5.73 Å². The van der Waals surface area contributed by atoms with Gasteiger partial charge >= 0.3 is 0 Å². The number of aryl methyl sites for hydroxylation is 1. The van der Waals surface area contributed by atoms with Crippen molar-refractivity contribution in [2.45, 2.75) is 39.7 Å². The fraction of sp³-hybridized carbons (Fsp3) is 0.429. The van der Waals surface area contributed by atoms with Gasteiger partial charge in [0.05, 0.1) is 11.6 Å². The lowest BCUT2D eigenvalue weighted by Crippen LogP contribution is -2.14. The van der Waals surface area contributed by atoms with Gasteiger partial charge in [0.2, 0.25) is 0 Å². The summed E-state index contributed by atoms with van der Waals surface area (Å²) in [4.78, 5) is 0. The zero-order chi connectivity index (χ0) is 12.8. The maximum Gasteiger partial charge on any atom is 0.153 e. The molecule has 2 rings (SSSR count). The molecule has 2 N–H and O–H groups in total. The Morgan fingerprint density at radius 1 is 1.29 bits per heavy atom. The minimum absolute atomic E-state index is 0.00457. The van der Waals surface area contributed by atoms with Crippen LogP contribution in [0.5, 0.6) is 0 Å². The second-order valence-electron chi connectivity index (χ2n) is 5.42. The summed E-state index contributed by atoms with van der Waals surface area (Å²) in [6.07, 6.45) is 0. The average Bonchev–Trinajstić information content (AvgIpc) is 2.63. The van der Waals surface area contributed by atoms with E-state index in [1.54, 1.807) is 0 Å². The molecule has 92 valence electrons. The third kappa shape index (κ3) is 1.96. The van der Waals surface area contributed by atoms with Gasteiger partial charge in [0.15, 0.2) is 5.58 Å². The van der Waals surface area contributed by atoms with E-state index in [1.807, 2.05) is 12.1 Å². The molecule has 0 bridgehead atoms. The summed E-state index contributed by atoms with van der Waals surface area (Å²) in [6.45, 7) is 8.96. The van der Waals surface area contributed by atoms with Crippen LogP contribution in [0.15, 0.2) is 16.5 Å². The summed E-state index contributed by atoms with van der Waals surface area (Å²) in [7, 11) is 0. The van der Waals surface area contributed by atoms with Crippen LogP contribution in [-0.2, 0) is 12.0 Å². The lowest BCUT2D eigenvalue weighted by atomic mass is 9.84. The Labute approximate surface area is 107 Å². The molecule has 0 spiro atoms. The van der Waals surface area contributed by atoms with E-state index in [0.29, 0.717) is 11.6 Å². The van der Waals surface area contributed by atoms with Crippen molar-refractivity contribution in [3.05, 3.63) is 34.0 Å². The molecule has 0 atom stereocenters. The van der Waals surface area contributed by atoms with Gasteiger partial charge in [0.1, 0.15) is 5.76 Å². The van der Waals surface area contributed by atoms with Crippen molar-refractivity contribution in [1.82, 2.24) is 0 Å². The van der Waals surface area contributed by atoms with E-state index in [2.05, 4.69) is 27.7 Å². The molecule has 1 aromatic carbocycles. The fourth-order valence-corrected chi connectivity index (χ4v) is 2.51. The minimum Gasteiger partial charge on any atom is -0.458 e. The number of fused-ring (bicyclic) bond motifs is 1. The topological polar surface area (TPSA) is 39.2 Å². The summed E-state index contributed by atoms with van der Waals surface area (Å²) in [6, 6.07) is 3.89. The van der Waals surface area contributed by atoms with Crippen LogP contribution in [-0.4, -0.2) is 0 Å². The predicted octanol–water partition coefficient (Wildman–Crippen LogP) is 4.15. The fourth-order valence-electron chi connectivity index (χ4n) is 2.32. The zero-order valence-electron chi connectivity index (χ0n) is 10.7. The van der Waals surface area contributed by atoms with Gasteiger partial charge in [0, 0.05) is 10.9 Å². The molecule has 1 heterocycles. The SMILES string of the molecule is Cc1ccc(Cl)c2oc(CN)c(C(C)(C)C)c12. The quantitative estimate of drug-likeness (QED) is 0.827. The van der Waals surface area contributed by atoms with E-state index < -0.39 is 0 Å². The summed E-state index contributed by atoms with van der Waals surface area (Å²) in [5.74, 6) is 0.837. The second kappa shape index (κ2) is 4.04. The molecule has 2 nitrogen and oxygen atoms in total. The Bertz CT molecular complexity index is 564. The zero-order valence-corrected chi connectivity index (χ0v) is 11.5. The van der Waals surface area contributed by atoms with Crippen molar-refractivity contribution in [2.24, 2.45) is 5.73 Å². The summed E-state index contributed by atoms with van der Waals surface area (Å²) >= 11 is 6.19. The van der Waals surface area contributed by atoms with Gasteiger partial charge in [-0.05, 0) is 24.0 Å². The van der Waals surface area contributed by atoms with Gasteiger partial charge in [-0.2, -0.15) is 0 Å². The first-order chi connectivity index (χ1) is 7.86. The van der Waals surface area contributed by atoms with E-state index in [0.717, 1.165) is 16.7 Å². The van der Waals surface area contributed by atoms with E-state index in [-0.39, 0.29) is 5.41 Å². The summed E-state index contributed by atoms with van der Waals surface area (Å²) < 4.78 is 5.83. The van der Waals surface area contributed by atoms with Gasteiger partial charge < -0.3 is 10.2 Å². The van der Waals surface area contributed by atoms with Gasteiger partial charge in [-0.3, -0.25) is 0 Å². The lowest BCUT2D eigenvalue weighted by molar-refractivity contribution is 0.511. The highest BCUT2D eigenvalue weighted by Crippen LogP contribution is 2.39. The highest BCUT2D eigenvalue weighted by Gasteiger charge is 2.26. The Kier molecular flexibility index (Phi) is 2.96. The average molecular weight is 252 g/mol. The first kappa shape index (κ1) is 12.5. The Morgan fingerprint density at radius 2 is 1.94 bits per heavy atom. The Morgan fingerprint density at radius 3 is 2.47 bits per heavy atom. The Hall–Kier alpha value is -0.990. The molecule has 0 unspecified atom stereocenters. The molecule has 0 fully saturated rings. The molecule has 0 amide bonds. The van der Waals surface area contributed by atoms with Crippen LogP contribution >= 0.6 is 11.6 Å². The van der Waals surface area contributed by atoms with Gasteiger partial charge in [-0.15, -0.1) is 0 Å². The predicted molar refractivity (Wildman–Crippen MR) is 72.6 cm³/mol. The highest BCUT2D eigenvalue weighted by molar-refractivity contribution is 6.35. The highest BCUT2D eigenvalue weighted by atomic mass is 35.5. The van der Waals surface area contributed by atoms with E-state index in [1.165, 1.54) is 11.1 Å². The number of hydrogen-bond donors (Lipinski definition) is 1. The normalized spacial score (nSPS) is 12.4. The third-order valence-corrected chi connectivity index (χ3v) is 3.31. The van der Waals surface area contributed by atoms with Gasteiger partial charge in [-0.25, -0.2) is 0 Å². The Balaban J connectivity index is 2.93. The van der Waals surface area contributed by atoms with E-state index >= 15 is 0 Å². The van der Waals surface area contributed by atoms with Crippen molar-refractivity contribution in [3.63, 3.8) is 0 Å². The maximum atomic E-state index is 6.19. The monoisotopic (exact) mass is 251 g/mol. The van der Waals surface area contributed by atoms with Crippen LogP contribution in [0.4, 0.5) is 0 Å². The van der Waals surface area contributed by atoms with E-state index in [9.17, 15) is 0 Å². The van der Waals surface area contributed by atoms with Crippen LogP contribution in [0.3, 0.4) is 0 Å². The number of hydrogen-bond acceptors (Lipinski definition) is 2. The van der Waals surface area contributed by atoms with Crippen molar-refractivity contribution in [3.8, 4) is 0 Å². The molecular weight excluding hydrogens is 234 g/mol. The van der Waals surface area contributed by atoms with Crippen LogP contribution in [0.2, 0.25) is 5.02 Å². The number of rotatable bonds is 1. The molecule has 17 heavy (non-hydrogen) atoms. The van der Waals surface area contributed by atoms with Crippen molar-refractivity contribution in [2.75, 3.05) is 0 Å². The molecule has 0 aliphatic carbocycles.